The minimum absolute atomic E-state index is 0.358. The van der Waals surface area contributed by atoms with Crippen LogP contribution in [-0.4, -0.2) is 23.5 Å². The van der Waals surface area contributed by atoms with Gasteiger partial charge in [0.15, 0.2) is 11.6 Å². The van der Waals surface area contributed by atoms with Crippen LogP contribution in [0.3, 0.4) is 0 Å². The molecule has 1 aliphatic rings. The second-order valence-corrected chi connectivity index (χ2v) is 5.06. The molecule has 2 unspecified atom stereocenters. The number of nitrogens with one attached hydrogen (secondary N) is 1. The van der Waals surface area contributed by atoms with Gasteiger partial charge < -0.3 is 10.1 Å². The van der Waals surface area contributed by atoms with E-state index >= 15 is 0 Å². The van der Waals surface area contributed by atoms with Crippen LogP contribution in [-0.2, 0) is 0 Å². The van der Waals surface area contributed by atoms with E-state index in [9.17, 15) is 0 Å². The van der Waals surface area contributed by atoms with Crippen molar-refractivity contribution in [3.8, 4) is 5.75 Å². The third-order valence-electron chi connectivity index (χ3n) is 3.11. The summed E-state index contributed by atoms with van der Waals surface area (Å²) in [4.78, 5) is 4.31. The molecular weight excluding hydrogens is 236 g/mol. The van der Waals surface area contributed by atoms with Crippen LogP contribution in [0.1, 0.15) is 26.2 Å². The van der Waals surface area contributed by atoms with Crippen molar-refractivity contribution in [2.75, 3.05) is 18.5 Å². The summed E-state index contributed by atoms with van der Waals surface area (Å²) in [5, 5.41) is 3.72. The van der Waals surface area contributed by atoms with E-state index in [0.717, 1.165) is 31.0 Å². The number of aromatic nitrogens is 1. The van der Waals surface area contributed by atoms with E-state index in [1.54, 1.807) is 6.20 Å². The lowest BCUT2D eigenvalue weighted by Gasteiger charge is -2.14. The molecule has 1 fully saturated rings. The molecule has 2 rings (SSSR count). The molecule has 1 aliphatic carbocycles. The highest BCUT2D eigenvalue weighted by Gasteiger charge is 2.22. The maximum atomic E-state index is 6.10. The normalized spacial score (nSPS) is 23.6. The standard InChI is InChI=1S/C13H19ClN2O/c1-2-17-12-4-3-7-15-13(12)16-9-10-5-6-11(14)8-10/h3-4,7,10-11H,2,5-6,8-9H2,1H3,(H,15,16). The number of pyridine rings is 1. The minimum Gasteiger partial charge on any atom is -0.490 e. The molecule has 0 radical (unpaired) electrons. The lowest BCUT2D eigenvalue weighted by atomic mass is 10.1. The fourth-order valence-electron chi connectivity index (χ4n) is 2.24. The molecule has 0 aliphatic heterocycles. The first-order valence-corrected chi connectivity index (χ1v) is 6.69. The molecule has 2 atom stereocenters. The van der Waals surface area contributed by atoms with Gasteiger partial charge in [0.2, 0.25) is 0 Å². The molecular formula is C13H19ClN2O. The second kappa shape index (κ2) is 6.10. The van der Waals surface area contributed by atoms with Gasteiger partial charge in [0.05, 0.1) is 6.61 Å². The summed E-state index contributed by atoms with van der Waals surface area (Å²) in [6.07, 6.45) is 5.22. The predicted molar refractivity (Wildman–Crippen MR) is 70.9 cm³/mol. The lowest BCUT2D eigenvalue weighted by Crippen LogP contribution is -2.13. The third-order valence-corrected chi connectivity index (χ3v) is 3.50. The molecule has 94 valence electrons. The first-order chi connectivity index (χ1) is 8.29. The Morgan fingerprint density at radius 3 is 3.12 bits per heavy atom. The minimum atomic E-state index is 0.358. The number of nitrogens with zero attached hydrogens (tertiary/aromatic N) is 1. The molecule has 1 N–H and O–H groups in total. The molecule has 0 spiro atoms. The van der Waals surface area contributed by atoms with Gasteiger partial charge in [0.1, 0.15) is 0 Å². The van der Waals surface area contributed by atoms with Crippen LogP contribution in [0.15, 0.2) is 18.3 Å². The molecule has 4 heteroatoms. The average molecular weight is 255 g/mol. The number of ether oxygens (including phenoxy) is 1. The zero-order chi connectivity index (χ0) is 12.1. The van der Waals surface area contributed by atoms with E-state index in [0.29, 0.717) is 17.9 Å². The Morgan fingerprint density at radius 2 is 2.41 bits per heavy atom. The molecule has 1 heterocycles. The van der Waals surface area contributed by atoms with Gasteiger partial charge in [0.25, 0.3) is 0 Å². The highest BCUT2D eigenvalue weighted by Crippen LogP contribution is 2.30. The summed E-state index contributed by atoms with van der Waals surface area (Å²) in [7, 11) is 0. The first-order valence-electron chi connectivity index (χ1n) is 6.25. The van der Waals surface area contributed by atoms with Crippen molar-refractivity contribution in [3.05, 3.63) is 18.3 Å². The fraction of sp³-hybridized carbons (Fsp3) is 0.615. The van der Waals surface area contributed by atoms with Crippen LogP contribution in [0, 0.1) is 5.92 Å². The Balaban J connectivity index is 1.89. The van der Waals surface area contributed by atoms with Gasteiger partial charge in [-0.15, -0.1) is 11.6 Å². The maximum absolute atomic E-state index is 6.10. The summed E-state index contributed by atoms with van der Waals surface area (Å²) < 4.78 is 5.52. The maximum Gasteiger partial charge on any atom is 0.168 e. The topological polar surface area (TPSA) is 34.1 Å². The number of alkyl halides is 1. The van der Waals surface area contributed by atoms with Crippen LogP contribution in [0.25, 0.3) is 0 Å². The Morgan fingerprint density at radius 1 is 1.53 bits per heavy atom. The number of hydrogen-bond acceptors (Lipinski definition) is 3. The van der Waals surface area contributed by atoms with Crippen molar-refractivity contribution in [3.63, 3.8) is 0 Å². The lowest BCUT2D eigenvalue weighted by molar-refractivity contribution is 0.340. The number of rotatable bonds is 5. The van der Waals surface area contributed by atoms with E-state index in [4.69, 9.17) is 16.3 Å². The summed E-state index contributed by atoms with van der Waals surface area (Å²) in [5.41, 5.74) is 0. The average Bonchev–Trinajstić information content (AvgIpc) is 2.74. The van der Waals surface area contributed by atoms with Crippen LogP contribution in [0.2, 0.25) is 0 Å². The third kappa shape index (κ3) is 3.50. The van der Waals surface area contributed by atoms with Crippen molar-refractivity contribution in [2.24, 2.45) is 5.92 Å². The van der Waals surface area contributed by atoms with E-state index < -0.39 is 0 Å². The van der Waals surface area contributed by atoms with Crippen molar-refractivity contribution in [1.82, 2.24) is 4.98 Å². The van der Waals surface area contributed by atoms with Gasteiger partial charge in [-0.25, -0.2) is 4.98 Å². The van der Waals surface area contributed by atoms with Crippen molar-refractivity contribution in [2.45, 2.75) is 31.6 Å². The van der Waals surface area contributed by atoms with Gasteiger partial charge in [-0.3, -0.25) is 0 Å². The van der Waals surface area contributed by atoms with Gasteiger partial charge in [0, 0.05) is 18.1 Å². The highest BCUT2D eigenvalue weighted by atomic mass is 35.5. The quantitative estimate of drug-likeness (QED) is 0.819. The Kier molecular flexibility index (Phi) is 4.49. The molecule has 0 bridgehead atoms. The van der Waals surface area contributed by atoms with E-state index in [1.807, 2.05) is 19.1 Å². The monoisotopic (exact) mass is 254 g/mol. The molecule has 1 saturated carbocycles. The summed E-state index contributed by atoms with van der Waals surface area (Å²) in [6.45, 7) is 3.57. The van der Waals surface area contributed by atoms with Gasteiger partial charge in [-0.2, -0.15) is 0 Å². The Hall–Kier alpha value is -0.960. The van der Waals surface area contributed by atoms with E-state index in [-0.39, 0.29) is 0 Å². The van der Waals surface area contributed by atoms with Crippen LogP contribution in [0.5, 0.6) is 5.75 Å². The number of halogens is 1. The summed E-state index contributed by atoms with van der Waals surface area (Å²) in [6, 6.07) is 3.83. The highest BCUT2D eigenvalue weighted by molar-refractivity contribution is 6.20. The molecule has 1 aromatic heterocycles. The van der Waals surface area contributed by atoms with Gasteiger partial charge in [-0.1, -0.05) is 0 Å². The van der Waals surface area contributed by atoms with Crippen molar-refractivity contribution >= 4 is 17.4 Å². The molecule has 17 heavy (non-hydrogen) atoms. The number of anilines is 1. The van der Waals surface area contributed by atoms with E-state index in [1.165, 1.54) is 6.42 Å². The number of hydrogen-bond donors (Lipinski definition) is 1. The largest absolute Gasteiger partial charge is 0.490 e. The second-order valence-electron chi connectivity index (χ2n) is 4.44. The first kappa shape index (κ1) is 12.5. The van der Waals surface area contributed by atoms with Crippen molar-refractivity contribution in [1.29, 1.82) is 0 Å². The molecule has 0 saturated heterocycles. The summed E-state index contributed by atoms with van der Waals surface area (Å²) in [5.74, 6) is 2.33. The zero-order valence-corrected chi connectivity index (χ0v) is 10.9. The zero-order valence-electron chi connectivity index (χ0n) is 10.2. The smallest absolute Gasteiger partial charge is 0.168 e. The molecule has 0 amide bonds. The SMILES string of the molecule is CCOc1cccnc1NCC1CCC(Cl)C1. The van der Waals surface area contributed by atoms with Crippen LogP contribution < -0.4 is 10.1 Å². The molecule has 3 nitrogen and oxygen atoms in total. The van der Waals surface area contributed by atoms with Crippen LogP contribution in [0.4, 0.5) is 5.82 Å². The Labute approximate surface area is 108 Å². The van der Waals surface area contributed by atoms with Gasteiger partial charge in [-0.05, 0) is 44.2 Å². The molecule has 1 aromatic rings. The van der Waals surface area contributed by atoms with Crippen molar-refractivity contribution < 1.29 is 4.74 Å². The predicted octanol–water partition coefficient (Wildman–Crippen LogP) is 3.30. The van der Waals surface area contributed by atoms with Crippen LogP contribution >= 0.6 is 11.6 Å². The fourth-order valence-corrected chi connectivity index (χ4v) is 2.61. The Bertz CT molecular complexity index is 359. The summed E-state index contributed by atoms with van der Waals surface area (Å²) >= 11 is 6.10. The molecule has 0 aromatic carbocycles. The van der Waals surface area contributed by atoms with Gasteiger partial charge >= 0.3 is 0 Å². The van der Waals surface area contributed by atoms with E-state index in [2.05, 4.69) is 10.3 Å².